The fourth-order valence-electron chi connectivity index (χ4n) is 0.998. The minimum absolute atomic E-state index is 0.0978. The van der Waals surface area contributed by atoms with Crippen LogP contribution in [-0.2, 0) is 6.54 Å². The molecule has 0 aliphatic carbocycles. The van der Waals surface area contributed by atoms with E-state index in [1.807, 2.05) is 16.3 Å². The molecule has 1 rings (SSSR count). The summed E-state index contributed by atoms with van der Waals surface area (Å²) in [6.07, 6.45) is 3.47. The summed E-state index contributed by atoms with van der Waals surface area (Å²) in [5, 5.41) is 0. The van der Waals surface area contributed by atoms with Crippen LogP contribution < -0.4 is 11.2 Å². The smallest absolute Gasteiger partial charge is 0.204 e. The fraction of sp³-hybridized carbons (Fsp3) is 0.444. The van der Waals surface area contributed by atoms with Crippen molar-refractivity contribution >= 4 is 17.4 Å². The van der Waals surface area contributed by atoms with Crippen LogP contribution in [0.2, 0.25) is 0 Å². The molecule has 0 bridgehead atoms. The monoisotopic (exact) mass is 198 g/mol. The Morgan fingerprint density at radius 1 is 1.62 bits per heavy atom. The molecule has 0 aliphatic rings. The topological polar surface area (TPSA) is 48.0 Å². The van der Waals surface area contributed by atoms with Gasteiger partial charge < -0.3 is 10.3 Å². The molecule has 1 aromatic rings. The highest BCUT2D eigenvalue weighted by molar-refractivity contribution is 7.99. The summed E-state index contributed by atoms with van der Waals surface area (Å²) >= 11 is 1.87. The van der Waals surface area contributed by atoms with E-state index >= 15 is 0 Å². The van der Waals surface area contributed by atoms with E-state index in [1.165, 1.54) is 6.07 Å². The lowest BCUT2D eigenvalue weighted by Crippen LogP contribution is -2.11. The maximum atomic E-state index is 11.0. The van der Waals surface area contributed by atoms with E-state index in [9.17, 15) is 4.79 Å². The summed E-state index contributed by atoms with van der Waals surface area (Å²) in [7, 11) is 0. The Balaban J connectivity index is 2.58. The summed E-state index contributed by atoms with van der Waals surface area (Å²) in [5.74, 6) is 2.18. The highest BCUT2D eigenvalue weighted by Gasteiger charge is 1.94. The van der Waals surface area contributed by atoms with Crippen LogP contribution in [0.15, 0.2) is 23.3 Å². The highest BCUT2D eigenvalue weighted by Crippen LogP contribution is 2.01. The van der Waals surface area contributed by atoms with Gasteiger partial charge in [-0.3, -0.25) is 4.79 Å². The Kier molecular flexibility index (Phi) is 3.89. The van der Waals surface area contributed by atoms with Gasteiger partial charge in [0.2, 0.25) is 5.43 Å². The van der Waals surface area contributed by atoms with Crippen LogP contribution in [0.5, 0.6) is 0 Å². The van der Waals surface area contributed by atoms with Gasteiger partial charge in [-0.1, -0.05) is 6.92 Å². The van der Waals surface area contributed by atoms with Gasteiger partial charge in [0.15, 0.2) is 0 Å². The third-order valence-electron chi connectivity index (χ3n) is 1.70. The molecular weight excluding hydrogens is 184 g/mol. The Bertz CT molecular complexity index is 322. The molecule has 0 radical (unpaired) electrons. The fourth-order valence-corrected chi connectivity index (χ4v) is 1.63. The van der Waals surface area contributed by atoms with E-state index in [1.54, 1.807) is 12.4 Å². The van der Waals surface area contributed by atoms with Crippen LogP contribution in [-0.4, -0.2) is 16.1 Å². The Morgan fingerprint density at radius 2 is 2.38 bits per heavy atom. The summed E-state index contributed by atoms with van der Waals surface area (Å²) < 4.78 is 1.94. The van der Waals surface area contributed by atoms with Crippen molar-refractivity contribution in [1.82, 2.24) is 4.57 Å². The molecule has 1 heterocycles. The number of hydrogen-bond donors (Lipinski definition) is 1. The van der Waals surface area contributed by atoms with E-state index in [0.717, 1.165) is 18.1 Å². The maximum Gasteiger partial charge on any atom is 0.204 e. The molecule has 1 aromatic heterocycles. The van der Waals surface area contributed by atoms with Crippen molar-refractivity contribution in [3.05, 3.63) is 28.7 Å². The summed E-state index contributed by atoms with van der Waals surface area (Å²) in [4.78, 5) is 11.0. The quantitative estimate of drug-likeness (QED) is 0.739. The lowest BCUT2D eigenvalue weighted by Gasteiger charge is -2.05. The summed E-state index contributed by atoms with van der Waals surface area (Å²) in [5.41, 5.74) is 5.71. The molecule has 72 valence electrons. The molecule has 0 fully saturated rings. The molecular formula is C9H14N2OS. The van der Waals surface area contributed by atoms with Crippen LogP contribution >= 0.6 is 11.8 Å². The number of aromatic nitrogens is 1. The molecule has 0 amide bonds. The van der Waals surface area contributed by atoms with Gasteiger partial charge in [0.05, 0.1) is 5.69 Å². The van der Waals surface area contributed by atoms with Crippen molar-refractivity contribution in [2.24, 2.45) is 0 Å². The van der Waals surface area contributed by atoms with Crippen LogP contribution in [0.25, 0.3) is 0 Å². The first-order valence-corrected chi connectivity index (χ1v) is 5.43. The highest BCUT2D eigenvalue weighted by atomic mass is 32.2. The lowest BCUT2D eigenvalue weighted by molar-refractivity contribution is 0.765. The zero-order chi connectivity index (χ0) is 9.68. The number of hydrogen-bond acceptors (Lipinski definition) is 3. The number of nitrogens with two attached hydrogens (primary N) is 1. The second-order valence-corrected chi connectivity index (χ2v) is 4.09. The van der Waals surface area contributed by atoms with E-state index in [-0.39, 0.29) is 5.43 Å². The Hall–Kier alpha value is -0.900. The van der Waals surface area contributed by atoms with Crippen molar-refractivity contribution in [1.29, 1.82) is 0 Å². The van der Waals surface area contributed by atoms with Crippen molar-refractivity contribution in [2.75, 3.05) is 17.2 Å². The number of nitrogen functional groups attached to an aromatic ring is 1. The Morgan fingerprint density at radius 3 is 3.00 bits per heavy atom. The van der Waals surface area contributed by atoms with Crippen molar-refractivity contribution < 1.29 is 0 Å². The third kappa shape index (κ3) is 3.14. The molecule has 4 heteroatoms. The second-order valence-electron chi connectivity index (χ2n) is 2.70. The van der Waals surface area contributed by atoms with Gasteiger partial charge >= 0.3 is 0 Å². The zero-order valence-corrected chi connectivity index (χ0v) is 8.51. The van der Waals surface area contributed by atoms with E-state index in [4.69, 9.17) is 5.73 Å². The summed E-state index contributed by atoms with van der Waals surface area (Å²) in [6, 6.07) is 1.51. The number of thioether (sulfide) groups is 1. The van der Waals surface area contributed by atoms with Crippen molar-refractivity contribution in [2.45, 2.75) is 13.5 Å². The van der Waals surface area contributed by atoms with Crippen LogP contribution in [0, 0.1) is 0 Å². The SMILES string of the molecule is CCSCCn1ccc(=O)c(N)c1. The average molecular weight is 198 g/mol. The number of anilines is 1. The molecule has 0 saturated heterocycles. The zero-order valence-electron chi connectivity index (χ0n) is 7.69. The molecule has 0 unspecified atom stereocenters. The Labute approximate surface area is 81.9 Å². The molecule has 0 aliphatic heterocycles. The van der Waals surface area contributed by atoms with Crippen LogP contribution in [0.4, 0.5) is 5.69 Å². The molecule has 0 saturated carbocycles. The predicted octanol–water partition coefficient (Wildman–Crippen LogP) is 1.18. The molecule has 13 heavy (non-hydrogen) atoms. The average Bonchev–Trinajstić information content (AvgIpc) is 2.12. The van der Waals surface area contributed by atoms with Gasteiger partial charge in [0, 0.05) is 30.8 Å². The number of rotatable bonds is 4. The van der Waals surface area contributed by atoms with E-state index < -0.39 is 0 Å². The van der Waals surface area contributed by atoms with Gasteiger partial charge in [-0.15, -0.1) is 0 Å². The minimum Gasteiger partial charge on any atom is -0.394 e. The van der Waals surface area contributed by atoms with Gasteiger partial charge in [-0.2, -0.15) is 11.8 Å². The number of aryl methyl sites for hydroxylation is 1. The van der Waals surface area contributed by atoms with Crippen molar-refractivity contribution in [3.63, 3.8) is 0 Å². The van der Waals surface area contributed by atoms with Gasteiger partial charge in [0.1, 0.15) is 0 Å². The van der Waals surface area contributed by atoms with E-state index in [2.05, 4.69) is 6.92 Å². The maximum absolute atomic E-state index is 11.0. The molecule has 0 aromatic carbocycles. The first-order chi connectivity index (χ1) is 6.24. The minimum atomic E-state index is -0.0978. The predicted molar refractivity (Wildman–Crippen MR) is 58.1 cm³/mol. The summed E-state index contributed by atoms with van der Waals surface area (Å²) in [6.45, 7) is 3.04. The number of pyridine rings is 1. The molecule has 3 nitrogen and oxygen atoms in total. The first-order valence-electron chi connectivity index (χ1n) is 4.27. The largest absolute Gasteiger partial charge is 0.394 e. The third-order valence-corrected chi connectivity index (χ3v) is 2.58. The molecule has 0 spiro atoms. The normalized spacial score (nSPS) is 10.2. The van der Waals surface area contributed by atoms with Crippen LogP contribution in [0.3, 0.4) is 0 Å². The van der Waals surface area contributed by atoms with E-state index in [0.29, 0.717) is 5.69 Å². The first kappa shape index (κ1) is 10.2. The molecule has 2 N–H and O–H groups in total. The van der Waals surface area contributed by atoms with Gasteiger partial charge in [-0.25, -0.2) is 0 Å². The van der Waals surface area contributed by atoms with Crippen molar-refractivity contribution in [3.8, 4) is 0 Å². The standard InChI is InChI=1S/C9H14N2OS/c1-2-13-6-5-11-4-3-9(12)8(10)7-11/h3-4,7H,2,5-6,10H2,1H3. The van der Waals surface area contributed by atoms with Gasteiger partial charge in [-0.05, 0) is 5.75 Å². The molecule has 0 atom stereocenters. The number of nitrogens with zero attached hydrogens (tertiary/aromatic N) is 1. The second kappa shape index (κ2) is 4.97. The van der Waals surface area contributed by atoms with Crippen LogP contribution in [0.1, 0.15) is 6.92 Å². The lowest BCUT2D eigenvalue weighted by atomic mass is 10.4. The van der Waals surface area contributed by atoms with Gasteiger partial charge in [0.25, 0.3) is 0 Å².